The molecule has 2 heterocycles. The average Bonchev–Trinajstić information content (AvgIpc) is 2.81. The van der Waals surface area contributed by atoms with Crippen molar-refractivity contribution in [2.24, 2.45) is 0 Å². The van der Waals surface area contributed by atoms with Crippen molar-refractivity contribution in [2.75, 3.05) is 19.7 Å². The third-order valence-corrected chi connectivity index (χ3v) is 5.26. The number of aliphatic hydroxyl groups excluding tert-OH is 1. The molecule has 0 aliphatic carbocycles. The fraction of sp³-hybridized carbons (Fsp3) is 0.800. The number of aliphatic hydroxyl groups is 1. The highest BCUT2D eigenvalue weighted by atomic mass is 35.5. The Bertz CT molecular complexity index is 386. The van der Waals surface area contributed by atoms with Crippen LogP contribution >= 0.6 is 22.9 Å². The van der Waals surface area contributed by atoms with Crippen LogP contribution in [0.25, 0.3) is 0 Å². The van der Waals surface area contributed by atoms with Gasteiger partial charge in [0.15, 0.2) is 0 Å². The first-order chi connectivity index (χ1) is 9.83. The van der Waals surface area contributed by atoms with Crippen LogP contribution in [0.4, 0.5) is 0 Å². The van der Waals surface area contributed by atoms with E-state index in [2.05, 4.69) is 15.3 Å². The molecule has 1 aliphatic heterocycles. The number of hydrogen-bond acceptors (Lipinski definition) is 4. The number of unbranched alkanes of at least 4 members (excludes halogenated alkanes) is 1. The van der Waals surface area contributed by atoms with Crippen LogP contribution in [-0.2, 0) is 12.3 Å². The number of aromatic nitrogens is 1. The first kappa shape index (κ1) is 16.2. The highest BCUT2D eigenvalue weighted by Gasteiger charge is 2.19. The minimum atomic E-state index is 0.311. The summed E-state index contributed by atoms with van der Waals surface area (Å²) in [5, 5.41) is 12.7. The van der Waals surface area contributed by atoms with Gasteiger partial charge in [0.1, 0.15) is 0 Å². The predicted octanol–water partition coefficient (Wildman–Crippen LogP) is 3.44. The second kappa shape index (κ2) is 8.98. The lowest BCUT2D eigenvalue weighted by Gasteiger charge is -2.28. The Kier molecular flexibility index (Phi) is 7.28. The van der Waals surface area contributed by atoms with E-state index in [9.17, 15) is 5.11 Å². The minimum Gasteiger partial charge on any atom is -0.395 e. The molecule has 0 amide bonds. The topological polar surface area (TPSA) is 36.4 Å². The number of alkyl halides is 1. The molecule has 1 aromatic heterocycles. The molecule has 20 heavy (non-hydrogen) atoms. The molecule has 5 heteroatoms. The summed E-state index contributed by atoms with van der Waals surface area (Å²) < 4.78 is 0. The van der Waals surface area contributed by atoms with Crippen LogP contribution < -0.4 is 0 Å². The Morgan fingerprint density at radius 2 is 2.25 bits per heavy atom. The zero-order valence-corrected chi connectivity index (χ0v) is 13.6. The number of hydrogen-bond donors (Lipinski definition) is 1. The summed E-state index contributed by atoms with van der Waals surface area (Å²) in [5.74, 6) is 0.516. The van der Waals surface area contributed by atoms with Crippen molar-refractivity contribution in [1.82, 2.24) is 9.88 Å². The molecule has 1 aromatic rings. The number of thiazole rings is 1. The predicted molar refractivity (Wildman–Crippen MR) is 85.5 cm³/mol. The van der Waals surface area contributed by atoms with Crippen molar-refractivity contribution >= 4 is 22.9 Å². The molecular formula is C15H25ClN2OS. The molecule has 3 nitrogen and oxygen atoms in total. The largest absolute Gasteiger partial charge is 0.395 e. The molecule has 1 aliphatic rings. The second-order valence-corrected chi connectivity index (χ2v) is 6.75. The Hall–Kier alpha value is -0.160. The van der Waals surface area contributed by atoms with Crippen molar-refractivity contribution in [3.63, 3.8) is 0 Å². The summed E-state index contributed by atoms with van der Waals surface area (Å²) in [4.78, 5) is 6.98. The maximum atomic E-state index is 9.49. The summed E-state index contributed by atoms with van der Waals surface area (Å²) in [7, 11) is 0. The first-order valence-corrected chi connectivity index (χ1v) is 9.09. The summed E-state index contributed by atoms with van der Waals surface area (Å²) in [5.41, 5.74) is 1.000. The lowest BCUT2D eigenvalue weighted by Crippen LogP contribution is -2.38. The van der Waals surface area contributed by atoms with Gasteiger partial charge in [0.05, 0.1) is 23.2 Å². The Morgan fingerprint density at radius 3 is 3.00 bits per heavy atom. The molecule has 0 saturated carbocycles. The van der Waals surface area contributed by atoms with E-state index in [1.165, 1.54) is 37.1 Å². The van der Waals surface area contributed by atoms with Gasteiger partial charge >= 0.3 is 0 Å². The summed E-state index contributed by atoms with van der Waals surface area (Å²) in [6, 6.07) is 0.389. The van der Waals surface area contributed by atoms with Crippen molar-refractivity contribution in [3.8, 4) is 0 Å². The van der Waals surface area contributed by atoms with Crippen LogP contribution in [0.5, 0.6) is 0 Å². The highest BCUT2D eigenvalue weighted by Crippen LogP contribution is 2.18. The van der Waals surface area contributed by atoms with Gasteiger partial charge in [-0.05, 0) is 45.2 Å². The quantitative estimate of drug-likeness (QED) is 0.618. The maximum absolute atomic E-state index is 9.49. The zero-order valence-electron chi connectivity index (χ0n) is 12.1. The van der Waals surface area contributed by atoms with Crippen LogP contribution in [0.3, 0.4) is 0 Å². The average molecular weight is 317 g/mol. The third-order valence-electron chi connectivity index (χ3n) is 4.03. The van der Waals surface area contributed by atoms with Crippen molar-refractivity contribution in [2.45, 2.75) is 56.9 Å². The van der Waals surface area contributed by atoms with Gasteiger partial charge in [-0.3, -0.25) is 4.90 Å². The van der Waals surface area contributed by atoms with Gasteiger partial charge in [0.25, 0.3) is 0 Å². The van der Waals surface area contributed by atoms with E-state index in [4.69, 9.17) is 11.6 Å². The fourth-order valence-electron chi connectivity index (χ4n) is 2.85. The van der Waals surface area contributed by atoms with Crippen molar-refractivity contribution in [1.29, 1.82) is 0 Å². The minimum absolute atomic E-state index is 0.311. The van der Waals surface area contributed by atoms with E-state index in [-0.39, 0.29) is 0 Å². The monoisotopic (exact) mass is 316 g/mol. The molecule has 0 spiro atoms. The Balaban J connectivity index is 1.68. The van der Waals surface area contributed by atoms with Crippen molar-refractivity contribution < 1.29 is 5.11 Å². The van der Waals surface area contributed by atoms with Crippen LogP contribution in [0, 0.1) is 0 Å². The van der Waals surface area contributed by atoms with Crippen LogP contribution in [0.2, 0.25) is 0 Å². The molecule has 1 fully saturated rings. The lowest BCUT2D eigenvalue weighted by atomic mass is 10.1. The number of aryl methyl sites for hydroxylation is 1. The van der Waals surface area contributed by atoms with Gasteiger partial charge in [0.2, 0.25) is 0 Å². The van der Waals surface area contributed by atoms with Crippen molar-refractivity contribution in [3.05, 3.63) is 16.1 Å². The van der Waals surface area contributed by atoms with E-state index < -0.39 is 0 Å². The summed E-state index contributed by atoms with van der Waals surface area (Å²) in [6.07, 6.45) is 8.43. The molecule has 1 atom stereocenters. The molecule has 1 saturated heterocycles. The number of halogens is 1. The van der Waals surface area contributed by atoms with E-state index in [1.54, 1.807) is 11.3 Å². The molecule has 0 bridgehead atoms. The second-order valence-electron chi connectivity index (χ2n) is 5.55. The summed E-state index contributed by atoms with van der Waals surface area (Å²) >= 11 is 7.48. The van der Waals surface area contributed by atoms with Gasteiger partial charge in [-0.1, -0.05) is 12.8 Å². The fourth-order valence-corrected chi connectivity index (χ4v) is 3.92. The molecule has 0 radical (unpaired) electrons. The first-order valence-electron chi connectivity index (χ1n) is 7.67. The van der Waals surface area contributed by atoms with E-state index in [0.29, 0.717) is 18.5 Å². The molecule has 1 N–H and O–H groups in total. The molecule has 1 unspecified atom stereocenters. The number of rotatable bonds is 7. The van der Waals surface area contributed by atoms with Gasteiger partial charge in [-0.2, -0.15) is 0 Å². The highest BCUT2D eigenvalue weighted by molar-refractivity contribution is 7.09. The standard InChI is InChI=1S/C15H25ClN2OS/c16-10-13-12-20-15(17-13)7-3-5-9-18-8-4-1-2-6-14(18)11-19/h12,14,19H,1-11H2. The van der Waals surface area contributed by atoms with Gasteiger partial charge < -0.3 is 5.11 Å². The Morgan fingerprint density at radius 1 is 1.35 bits per heavy atom. The smallest absolute Gasteiger partial charge is 0.0928 e. The normalized spacial score (nSPS) is 21.0. The maximum Gasteiger partial charge on any atom is 0.0928 e. The van der Waals surface area contributed by atoms with Crippen LogP contribution in [0.15, 0.2) is 5.38 Å². The molecule has 0 aromatic carbocycles. The SMILES string of the molecule is OCC1CCCCCN1CCCCc1nc(CCl)cs1. The van der Waals surface area contributed by atoms with Gasteiger partial charge in [-0.25, -0.2) is 4.98 Å². The Labute approximate surface area is 131 Å². The van der Waals surface area contributed by atoms with E-state index in [0.717, 1.165) is 31.6 Å². The van der Waals surface area contributed by atoms with Gasteiger partial charge in [-0.15, -0.1) is 22.9 Å². The molecular weight excluding hydrogens is 292 g/mol. The number of likely N-dealkylation sites (tertiary alicyclic amines) is 1. The zero-order chi connectivity index (χ0) is 14.2. The molecule has 2 rings (SSSR count). The number of nitrogens with zero attached hydrogens (tertiary/aromatic N) is 2. The van der Waals surface area contributed by atoms with Crippen LogP contribution in [0.1, 0.15) is 49.2 Å². The third kappa shape index (κ3) is 4.99. The van der Waals surface area contributed by atoms with E-state index >= 15 is 0 Å². The van der Waals surface area contributed by atoms with Crippen LogP contribution in [-0.4, -0.2) is 40.7 Å². The van der Waals surface area contributed by atoms with Gasteiger partial charge in [0, 0.05) is 11.4 Å². The lowest BCUT2D eigenvalue weighted by molar-refractivity contribution is 0.123. The molecule has 114 valence electrons. The van der Waals surface area contributed by atoms with E-state index in [1.807, 2.05) is 0 Å². The summed E-state index contributed by atoms with van der Waals surface area (Å²) in [6.45, 7) is 2.57.